The zero-order chi connectivity index (χ0) is 12.0. The fraction of sp³-hybridized carbons (Fsp3) is 0.400. The van der Waals surface area contributed by atoms with Gasteiger partial charge in [0.15, 0.2) is 0 Å². The minimum absolute atomic E-state index is 0.0664. The van der Waals surface area contributed by atoms with Crippen molar-refractivity contribution in [2.75, 3.05) is 24.2 Å². The van der Waals surface area contributed by atoms with Crippen molar-refractivity contribution in [2.45, 2.75) is 6.42 Å². The summed E-state index contributed by atoms with van der Waals surface area (Å²) < 4.78 is 31.4. The maximum atomic E-state index is 11.6. The van der Waals surface area contributed by atoms with Crippen LogP contribution in [0.5, 0.6) is 0 Å². The monoisotopic (exact) mass is 307 g/mol. The van der Waals surface area contributed by atoms with Crippen LogP contribution in [-0.4, -0.2) is 27.9 Å². The van der Waals surface area contributed by atoms with Crippen LogP contribution in [0.4, 0.5) is 5.69 Å². The van der Waals surface area contributed by atoms with Crippen LogP contribution in [0.25, 0.3) is 0 Å². The van der Waals surface area contributed by atoms with E-state index in [-0.39, 0.29) is 5.75 Å². The molecule has 0 saturated carbocycles. The van der Waals surface area contributed by atoms with Crippen LogP contribution in [0.15, 0.2) is 28.7 Å². The molecular formula is C10H14BrNO3S. The summed E-state index contributed by atoms with van der Waals surface area (Å²) in [7, 11) is -1.71. The van der Waals surface area contributed by atoms with Gasteiger partial charge in [0.1, 0.15) is 0 Å². The molecule has 0 spiro atoms. The highest BCUT2D eigenvalue weighted by molar-refractivity contribution is 9.10. The van der Waals surface area contributed by atoms with Crippen LogP contribution in [0, 0.1) is 0 Å². The molecule has 4 nitrogen and oxygen atoms in total. The van der Waals surface area contributed by atoms with Crippen molar-refractivity contribution in [2.24, 2.45) is 0 Å². The molecule has 0 heterocycles. The molecule has 0 saturated heterocycles. The highest BCUT2D eigenvalue weighted by Gasteiger charge is 2.09. The van der Waals surface area contributed by atoms with E-state index in [2.05, 4.69) is 20.7 Å². The van der Waals surface area contributed by atoms with Crippen LogP contribution in [-0.2, 0) is 14.8 Å². The minimum Gasteiger partial charge on any atom is -0.385 e. The first-order chi connectivity index (χ1) is 7.53. The van der Waals surface area contributed by atoms with Crippen LogP contribution in [0.1, 0.15) is 6.42 Å². The van der Waals surface area contributed by atoms with Gasteiger partial charge in [-0.25, -0.2) is 8.42 Å². The predicted molar refractivity (Wildman–Crippen MR) is 68.0 cm³/mol. The molecule has 1 N–H and O–H groups in total. The standard InChI is InChI=1S/C10H14BrNO3S/c1-15-7-2-8-16(13,14)12-10-5-3-9(11)4-6-10/h3-6,12H,2,7-8H2,1H3. The average molecular weight is 308 g/mol. The van der Waals surface area contributed by atoms with Crippen molar-refractivity contribution in [3.8, 4) is 0 Å². The van der Waals surface area contributed by atoms with Crippen molar-refractivity contribution in [3.63, 3.8) is 0 Å². The quantitative estimate of drug-likeness (QED) is 0.820. The van der Waals surface area contributed by atoms with Gasteiger partial charge >= 0.3 is 0 Å². The fourth-order valence-corrected chi connectivity index (χ4v) is 2.50. The Bertz CT molecular complexity index is 416. The van der Waals surface area contributed by atoms with E-state index in [1.54, 1.807) is 31.4 Å². The van der Waals surface area contributed by atoms with Gasteiger partial charge in [-0.2, -0.15) is 0 Å². The second-order valence-electron chi connectivity index (χ2n) is 3.27. The number of nitrogens with one attached hydrogen (secondary N) is 1. The molecule has 0 amide bonds. The average Bonchev–Trinajstić information content (AvgIpc) is 2.21. The smallest absolute Gasteiger partial charge is 0.232 e. The van der Waals surface area contributed by atoms with E-state index in [1.807, 2.05) is 0 Å². The van der Waals surface area contributed by atoms with Gasteiger partial charge in [0.2, 0.25) is 10.0 Å². The Morgan fingerprint density at radius 3 is 2.50 bits per heavy atom. The topological polar surface area (TPSA) is 55.4 Å². The first-order valence-electron chi connectivity index (χ1n) is 4.78. The molecule has 0 atom stereocenters. The molecule has 16 heavy (non-hydrogen) atoms. The van der Waals surface area contributed by atoms with Crippen LogP contribution in [0.2, 0.25) is 0 Å². The number of halogens is 1. The summed E-state index contributed by atoms with van der Waals surface area (Å²) in [6.07, 6.45) is 0.488. The predicted octanol–water partition coefficient (Wildman–Crippen LogP) is 2.23. The molecule has 0 radical (unpaired) electrons. The van der Waals surface area contributed by atoms with E-state index in [0.717, 1.165) is 4.47 Å². The fourth-order valence-electron chi connectivity index (χ4n) is 1.14. The number of hydrogen-bond acceptors (Lipinski definition) is 3. The van der Waals surface area contributed by atoms with Crippen molar-refractivity contribution in [1.82, 2.24) is 0 Å². The van der Waals surface area contributed by atoms with Crippen LogP contribution < -0.4 is 4.72 Å². The first-order valence-corrected chi connectivity index (χ1v) is 7.23. The van der Waals surface area contributed by atoms with Gasteiger partial charge < -0.3 is 4.74 Å². The molecule has 6 heteroatoms. The third kappa shape index (κ3) is 4.96. The Morgan fingerprint density at radius 1 is 1.31 bits per heavy atom. The van der Waals surface area contributed by atoms with E-state index in [0.29, 0.717) is 18.7 Å². The number of ether oxygens (including phenoxy) is 1. The Balaban J connectivity index is 2.55. The first kappa shape index (κ1) is 13.5. The second-order valence-corrected chi connectivity index (χ2v) is 6.03. The molecule has 0 aliphatic rings. The number of rotatable bonds is 6. The second kappa shape index (κ2) is 6.22. The molecule has 0 bridgehead atoms. The largest absolute Gasteiger partial charge is 0.385 e. The molecule has 0 aliphatic carbocycles. The molecule has 0 aliphatic heterocycles. The molecule has 1 aromatic rings. The lowest BCUT2D eigenvalue weighted by atomic mass is 10.3. The van der Waals surface area contributed by atoms with Gasteiger partial charge in [0.25, 0.3) is 0 Å². The summed E-state index contributed by atoms with van der Waals surface area (Å²) in [4.78, 5) is 0. The molecule has 0 unspecified atom stereocenters. The zero-order valence-electron chi connectivity index (χ0n) is 8.94. The lowest BCUT2D eigenvalue weighted by Crippen LogP contribution is -2.17. The Morgan fingerprint density at radius 2 is 1.94 bits per heavy atom. The number of hydrogen-bond donors (Lipinski definition) is 1. The van der Waals surface area contributed by atoms with Gasteiger partial charge in [-0.05, 0) is 30.7 Å². The molecule has 1 rings (SSSR count). The highest BCUT2D eigenvalue weighted by atomic mass is 79.9. The third-order valence-corrected chi connectivity index (χ3v) is 3.78. The van der Waals surface area contributed by atoms with Crippen LogP contribution in [0.3, 0.4) is 0 Å². The Kier molecular flexibility index (Phi) is 5.24. The number of benzene rings is 1. The van der Waals surface area contributed by atoms with Crippen LogP contribution >= 0.6 is 15.9 Å². The normalized spacial score (nSPS) is 11.4. The van der Waals surface area contributed by atoms with Crippen molar-refractivity contribution in [1.29, 1.82) is 0 Å². The summed E-state index contributed by atoms with van der Waals surface area (Å²) >= 11 is 3.28. The van der Waals surface area contributed by atoms with E-state index in [4.69, 9.17) is 4.74 Å². The lowest BCUT2D eigenvalue weighted by molar-refractivity contribution is 0.199. The summed E-state index contributed by atoms with van der Waals surface area (Å²) in [6, 6.07) is 6.98. The summed E-state index contributed by atoms with van der Waals surface area (Å²) in [5.74, 6) is 0.0664. The SMILES string of the molecule is COCCCS(=O)(=O)Nc1ccc(Br)cc1. The number of sulfonamides is 1. The van der Waals surface area contributed by atoms with Gasteiger partial charge in [-0.1, -0.05) is 15.9 Å². The summed E-state index contributed by atoms with van der Waals surface area (Å²) in [5.41, 5.74) is 0.570. The molecular weight excluding hydrogens is 294 g/mol. The van der Waals surface area contributed by atoms with Crippen molar-refractivity contribution in [3.05, 3.63) is 28.7 Å². The maximum Gasteiger partial charge on any atom is 0.232 e. The van der Waals surface area contributed by atoms with Gasteiger partial charge in [-0.15, -0.1) is 0 Å². The number of methoxy groups -OCH3 is 1. The summed E-state index contributed by atoms with van der Waals surface area (Å²) in [5, 5.41) is 0. The number of anilines is 1. The minimum atomic E-state index is -3.27. The molecule has 0 aromatic heterocycles. The van der Waals surface area contributed by atoms with Gasteiger partial charge in [0, 0.05) is 23.9 Å². The van der Waals surface area contributed by atoms with E-state index in [9.17, 15) is 8.42 Å². The van der Waals surface area contributed by atoms with Crippen molar-refractivity contribution < 1.29 is 13.2 Å². The Hall–Kier alpha value is -0.590. The third-order valence-electron chi connectivity index (χ3n) is 1.88. The highest BCUT2D eigenvalue weighted by Crippen LogP contribution is 2.15. The lowest BCUT2D eigenvalue weighted by Gasteiger charge is -2.07. The molecule has 90 valence electrons. The zero-order valence-corrected chi connectivity index (χ0v) is 11.3. The van der Waals surface area contributed by atoms with Gasteiger partial charge in [0.05, 0.1) is 5.75 Å². The van der Waals surface area contributed by atoms with E-state index >= 15 is 0 Å². The van der Waals surface area contributed by atoms with E-state index < -0.39 is 10.0 Å². The molecule has 0 fully saturated rings. The summed E-state index contributed by atoms with van der Waals surface area (Å²) in [6.45, 7) is 0.446. The van der Waals surface area contributed by atoms with Gasteiger partial charge in [-0.3, -0.25) is 4.72 Å². The van der Waals surface area contributed by atoms with Crippen molar-refractivity contribution >= 4 is 31.6 Å². The molecule has 1 aromatic carbocycles. The maximum absolute atomic E-state index is 11.6. The Labute approximate surface area is 104 Å². The van der Waals surface area contributed by atoms with E-state index in [1.165, 1.54) is 0 Å².